The molecule has 1 fully saturated rings. The lowest BCUT2D eigenvalue weighted by Crippen LogP contribution is -2.44. The second kappa shape index (κ2) is 9.51. The van der Waals surface area contributed by atoms with Crippen molar-refractivity contribution < 1.29 is 23.5 Å². The van der Waals surface area contributed by atoms with Crippen LogP contribution in [0.4, 0.5) is 0 Å². The summed E-state index contributed by atoms with van der Waals surface area (Å²) in [5.41, 5.74) is 3.76. The van der Waals surface area contributed by atoms with Gasteiger partial charge in [-0.2, -0.15) is 5.01 Å². The molecule has 2 amide bonds. The average Bonchev–Trinajstić information content (AvgIpc) is 3.53. The molecule has 4 rings (SSSR count). The van der Waals surface area contributed by atoms with Crippen LogP contribution >= 0.6 is 35.3 Å². The highest BCUT2D eigenvalue weighted by Crippen LogP contribution is 2.33. The van der Waals surface area contributed by atoms with Gasteiger partial charge in [-0.15, -0.1) is 11.3 Å². The van der Waals surface area contributed by atoms with Gasteiger partial charge in [-0.25, -0.2) is 4.79 Å². The summed E-state index contributed by atoms with van der Waals surface area (Å²) in [5, 5.41) is 2.84. The van der Waals surface area contributed by atoms with Crippen LogP contribution in [0.25, 0.3) is 17.4 Å². The number of thiophene rings is 1. The minimum Gasteiger partial charge on any atom is -0.462 e. The molecule has 10 heteroatoms. The van der Waals surface area contributed by atoms with Crippen LogP contribution in [-0.2, 0) is 9.53 Å². The monoisotopic (exact) mass is 484 g/mol. The third kappa shape index (κ3) is 4.67. The van der Waals surface area contributed by atoms with Gasteiger partial charge < -0.3 is 9.15 Å². The van der Waals surface area contributed by atoms with Crippen LogP contribution in [0.1, 0.15) is 32.7 Å². The molecule has 1 aliphatic heterocycles. The zero-order valence-electron chi connectivity index (χ0n) is 16.7. The summed E-state index contributed by atoms with van der Waals surface area (Å²) in [7, 11) is 0. The molecule has 0 aliphatic carbocycles. The Balaban J connectivity index is 1.47. The maximum atomic E-state index is 12.7. The van der Waals surface area contributed by atoms with Gasteiger partial charge in [0.1, 0.15) is 11.5 Å². The van der Waals surface area contributed by atoms with Crippen LogP contribution in [0.3, 0.4) is 0 Å². The molecule has 3 heterocycles. The molecule has 3 aromatic rings. The number of ether oxygens (including phenoxy) is 1. The van der Waals surface area contributed by atoms with E-state index in [-0.39, 0.29) is 10.3 Å². The predicted molar refractivity (Wildman–Crippen MR) is 127 cm³/mol. The van der Waals surface area contributed by atoms with Crippen molar-refractivity contribution in [2.45, 2.75) is 6.92 Å². The van der Waals surface area contributed by atoms with Gasteiger partial charge in [0, 0.05) is 11.6 Å². The molecule has 0 spiro atoms. The quantitative estimate of drug-likeness (QED) is 0.307. The maximum Gasteiger partial charge on any atom is 0.338 e. The SMILES string of the molecule is CCOC(=O)c1ccc(-c2ccc(/C=C3/SC(=S)N(NC(=O)c4cccs4)C3=O)o2)cc1. The fourth-order valence-corrected chi connectivity index (χ4v) is 4.60. The fourth-order valence-electron chi connectivity index (χ4n) is 2.83. The van der Waals surface area contributed by atoms with Crippen LogP contribution in [0, 0.1) is 0 Å². The van der Waals surface area contributed by atoms with Gasteiger partial charge in [0.25, 0.3) is 11.8 Å². The second-order valence-corrected chi connectivity index (χ2v) is 9.06. The number of hydrogen-bond donors (Lipinski definition) is 1. The Morgan fingerprint density at radius 2 is 1.97 bits per heavy atom. The van der Waals surface area contributed by atoms with E-state index < -0.39 is 11.8 Å². The minimum atomic E-state index is -0.429. The lowest BCUT2D eigenvalue weighted by atomic mass is 10.1. The minimum absolute atomic E-state index is 0.229. The number of furan rings is 1. The normalized spacial score (nSPS) is 14.8. The Labute approximate surface area is 197 Å². The summed E-state index contributed by atoms with van der Waals surface area (Å²) in [6.45, 7) is 2.06. The van der Waals surface area contributed by atoms with E-state index in [9.17, 15) is 14.4 Å². The van der Waals surface area contributed by atoms with Crippen molar-refractivity contribution in [1.82, 2.24) is 10.4 Å². The zero-order chi connectivity index (χ0) is 22.7. The molecular formula is C22H16N2O5S3. The van der Waals surface area contributed by atoms with Crippen LogP contribution in [0.5, 0.6) is 0 Å². The molecule has 0 radical (unpaired) electrons. The number of amides is 2. The number of esters is 1. The molecule has 0 atom stereocenters. The molecule has 0 bridgehead atoms. The molecule has 0 unspecified atom stereocenters. The third-order valence-electron chi connectivity index (χ3n) is 4.33. The predicted octanol–water partition coefficient (Wildman–Crippen LogP) is 4.73. The van der Waals surface area contributed by atoms with E-state index in [4.69, 9.17) is 21.4 Å². The molecule has 7 nitrogen and oxygen atoms in total. The van der Waals surface area contributed by atoms with Crippen molar-refractivity contribution in [1.29, 1.82) is 0 Å². The first-order valence-electron chi connectivity index (χ1n) is 9.46. The Hall–Kier alpha value is -3.21. The van der Waals surface area contributed by atoms with Crippen LogP contribution in [0.15, 0.2) is 63.2 Å². The molecule has 2 aromatic heterocycles. The summed E-state index contributed by atoms with van der Waals surface area (Å²) in [6, 6.07) is 13.8. The number of nitrogens with one attached hydrogen (secondary N) is 1. The smallest absolute Gasteiger partial charge is 0.338 e. The van der Waals surface area contributed by atoms with Crippen molar-refractivity contribution in [2.75, 3.05) is 6.61 Å². The van der Waals surface area contributed by atoms with E-state index in [2.05, 4.69) is 5.43 Å². The number of nitrogens with zero attached hydrogens (tertiary/aromatic N) is 1. The summed E-state index contributed by atoms with van der Waals surface area (Å²) < 4.78 is 11.0. The van der Waals surface area contributed by atoms with Crippen molar-refractivity contribution in [3.05, 3.63) is 75.0 Å². The van der Waals surface area contributed by atoms with Crippen molar-refractivity contribution in [3.63, 3.8) is 0 Å². The topological polar surface area (TPSA) is 88.9 Å². The zero-order valence-corrected chi connectivity index (χ0v) is 19.1. The van der Waals surface area contributed by atoms with E-state index in [1.54, 1.807) is 66.9 Å². The molecule has 0 saturated carbocycles. The lowest BCUT2D eigenvalue weighted by Gasteiger charge is -2.14. The van der Waals surface area contributed by atoms with E-state index in [1.807, 2.05) is 0 Å². The van der Waals surface area contributed by atoms with Gasteiger partial charge in [0.05, 0.1) is 22.0 Å². The fraction of sp³-hybridized carbons (Fsp3) is 0.0909. The Morgan fingerprint density at radius 3 is 2.66 bits per heavy atom. The van der Waals surface area contributed by atoms with Crippen LogP contribution < -0.4 is 5.43 Å². The van der Waals surface area contributed by atoms with E-state index in [0.717, 1.165) is 22.3 Å². The van der Waals surface area contributed by atoms with Crippen LogP contribution in [-0.4, -0.2) is 33.7 Å². The highest BCUT2D eigenvalue weighted by atomic mass is 32.2. The standard InChI is InChI=1S/C22H16N2O5S3/c1-2-28-21(27)14-7-5-13(6-8-14)16-10-9-15(29-16)12-18-20(26)24(22(30)32-18)23-19(25)17-4-3-11-31-17/h3-12H,2H2,1H3,(H,23,25)/b18-12+. The first kappa shape index (κ1) is 22.0. The Kier molecular flexibility index (Phi) is 6.54. The van der Waals surface area contributed by atoms with E-state index >= 15 is 0 Å². The summed E-state index contributed by atoms with van der Waals surface area (Å²) in [6.07, 6.45) is 1.58. The number of thioether (sulfide) groups is 1. The third-order valence-corrected chi connectivity index (χ3v) is 6.50. The number of thiocarbonyl (C=S) groups is 1. The van der Waals surface area contributed by atoms with Gasteiger partial charge in [-0.05, 0) is 54.9 Å². The summed E-state index contributed by atoms with van der Waals surface area (Å²) >= 11 is 7.59. The molecule has 1 aromatic carbocycles. The summed E-state index contributed by atoms with van der Waals surface area (Å²) in [5.74, 6) is -0.175. The first-order chi connectivity index (χ1) is 15.5. The Morgan fingerprint density at radius 1 is 1.19 bits per heavy atom. The second-order valence-electron chi connectivity index (χ2n) is 6.44. The lowest BCUT2D eigenvalue weighted by molar-refractivity contribution is -0.123. The number of rotatable bonds is 6. The number of carbonyl (C=O) groups excluding carboxylic acids is 3. The average molecular weight is 485 g/mol. The van der Waals surface area contributed by atoms with Gasteiger partial charge in [0.15, 0.2) is 4.32 Å². The molecule has 1 aliphatic rings. The maximum absolute atomic E-state index is 12.7. The first-order valence-corrected chi connectivity index (χ1v) is 11.6. The van der Waals surface area contributed by atoms with Gasteiger partial charge in [0.2, 0.25) is 0 Å². The largest absolute Gasteiger partial charge is 0.462 e. The highest BCUT2D eigenvalue weighted by molar-refractivity contribution is 8.26. The number of carbonyl (C=O) groups is 3. The number of benzene rings is 1. The van der Waals surface area contributed by atoms with Crippen molar-refractivity contribution in [3.8, 4) is 11.3 Å². The Bertz CT molecular complexity index is 1210. The molecule has 162 valence electrons. The van der Waals surface area contributed by atoms with Gasteiger partial charge in [-0.3, -0.25) is 15.0 Å². The van der Waals surface area contributed by atoms with Gasteiger partial charge in [-0.1, -0.05) is 30.0 Å². The van der Waals surface area contributed by atoms with Crippen LogP contribution in [0.2, 0.25) is 0 Å². The van der Waals surface area contributed by atoms with Gasteiger partial charge >= 0.3 is 5.97 Å². The summed E-state index contributed by atoms with van der Waals surface area (Å²) in [4.78, 5) is 37.6. The van der Waals surface area contributed by atoms with Crippen molar-refractivity contribution >= 4 is 63.5 Å². The molecule has 32 heavy (non-hydrogen) atoms. The van der Waals surface area contributed by atoms with E-state index in [1.165, 1.54) is 11.3 Å². The van der Waals surface area contributed by atoms with Crippen molar-refractivity contribution in [2.24, 2.45) is 0 Å². The molecule has 1 saturated heterocycles. The molecule has 1 N–H and O–H groups in total. The number of hydrazine groups is 1. The number of hydrogen-bond acceptors (Lipinski definition) is 8. The molecular weight excluding hydrogens is 468 g/mol. The highest BCUT2D eigenvalue weighted by Gasteiger charge is 2.34. The van der Waals surface area contributed by atoms with E-state index in [0.29, 0.717) is 33.5 Å².